The topological polar surface area (TPSA) is 41.1 Å². The molecule has 0 radical (unpaired) electrons. The molecule has 1 saturated heterocycles. The zero-order valence-corrected chi connectivity index (χ0v) is 15.7. The Bertz CT molecular complexity index is 886. The van der Waals surface area contributed by atoms with E-state index in [0.29, 0.717) is 11.5 Å². The maximum Gasteiger partial charge on any atom is 0.107 e. The summed E-state index contributed by atoms with van der Waals surface area (Å²) < 4.78 is 0. The molecule has 0 amide bonds. The molecule has 1 N–H and O–H groups in total. The maximum atomic E-state index is 4.55. The smallest absolute Gasteiger partial charge is 0.107 e. The number of fused-ring (bicyclic) bond motifs is 1. The highest BCUT2D eigenvalue weighted by atomic mass is 32.1. The van der Waals surface area contributed by atoms with Crippen molar-refractivity contribution in [3.05, 3.63) is 58.7 Å². The van der Waals surface area contributed by atoms with E-state index in [2.05, 4.69) is 49.8 Å². The van der Waals surface area contributed by atoms with E-state index < -0.39 is 0 Å². The van der Waals surface area contributed by atoms with Gasteiger partial charge in [-0.25, -0.2) is 4.98 Å². The summed E-state index contributed by atoms with van der Waals surface area (Å²) >= 11 is 1.77. The van der Waals surface area contributed by atoms with Crippen LogP contribution in [0.5, 0.6) is 0 Å². The van der Waals surface area contributed by atoms with Crippen LogP contribution in [0.25, 0.3) is 10.9 Å². The van der Waals surface area contributed by atoms with E-state index in [-0.39, 0.29) is 0 Å². The van der Waals surface area contributed by atoms with Gasteiger partial charge in [0.15, 0.2) is 0 Å². The molecule has 134 valence electrons. The molecule has 1 aromatic carbocycles. The van der Waals surface area contributed by atoms with Crippen molar-refractivity contribution in [1.29, 1.82) is 0 Å². The van der Waals surface area contributed by atoms with Crippen molar-refractivity contribution in [1.82, 2.24) is 20.2 Å². The number of pyridine rings is 1. The molecule has 1 aliphatic carbocycles. The third-order valence-corrected chi connectivity index (χ3v) is 6.83. The van der Waals surface area contributed by atoms with Crippen LogP contribution in [0, 0.1) is 5.41 Å². The molecule has 2 aliphatic rings. The maximum absolute atomic E-state index is 4.55. The second-order valence-corrected chi connectivity index (χ2v) is 8.67. The summed E-state index contributed by atoms with van der Waals surface area (Å²) in [6.07, 6.45) is 7.76. The van der Waals surface area contributed by atoms with Gasteiger partial charge in [-0.2, -0.15) is 0 Å². The molecule has 2 aromatic heterocycles. The first-order valence-electron chi connectivity index (χ1n) is 9.49. The third kappa shape index (κ3) is 3.15. The average Bonchev–Trinajstić information content (AvgIpc) is 3.11. The standard InChI is InChI=1S/C21H24N4S/c1-2-17-12-16(3-4-18(17)23-7-1)14-25(15-20-24-10-11-26-20)19-13-21(19)5-8-22-9-6-21/h1-4,7,10-12,19,22H,5-6,8-9,13-15H2. The van der Waals surface area contributed by atoms with Crippen LogP contribution in [0.3, 0.4) is 0 Å². The van der Waals surface area contributed by atoms with Crippen molar-refractivity contribution in [3.8, 4) is 0 Å². The Morgan fingerprint density at radius 2 is 2.04 bits per heavy atom. The third-order valence-electron chi connectivity index (χ3n) is 6.06. The largest absolute Gasteiger partial charge is 0.317 e. The van der Waals surface area contributed by atoms with Crippen molar-refractivity contribution in [2.24, 2.45) is 5.41 Å². The fraction of sp³-hybridized carbons (Fsp3) is 0.429. The van der Waals surface area contributed by atoms with Gasteiger partial charge in [-0.3, -0.25) is 9.88 Å². The molecule has 5 heteroatoms. The van der Waals surface area contributed by atoms with Gasteiger partial charge in [0.25, 0.3) is 0 Å². The summed E-state index contributed by atoms with van der Waals surface area (Å²) in [5, 5.41) is 8.06. The second kappa shape index (κ2) is 6.72. The number of hydrogen-bond acceptors (Lipinski definition) is 5. The number of benzene rings is 1. The van der Waals surface area contributed by atoms with Gasteiger partial charge >= 0.3 is 0 Å². The normalized spacial score (nSPS) is 21.5. The number of hydrogen-bond donors (Lipinski definition) is 1. The minimum absolute atomic E-state index is 0.543. The molecule has 1 unspecified atom stereocenters. The van der Waals surface area contributed by atoms with Crippen LogP contribution in [0.4, 0.5) is 0 Å². The number of thiazole rings is 1. The van der Waals surface area contributed by atoms with Gasteiger partial charge in [-0.05, 0) is 61.5 Å². The van der Waals surface area contributed by atoms with E-state index in [1.54, 1.807) is 11.3 Å². The molecule has 1 aliphatic heterocycles. The number of piperidine rings is 1. The Balaban J connectivity index is 1.40. The van der Waals surface area contributed by atoms with Gasteiger partial charge in [-0.1, -0.05) is 12.1 Å². The first-order chi connectivity index (χ1) is 12.8. The first-order valence-corrected chi connectivity index (χ1v) is 10.4. The van der Waals surface area contributed by atoms with E-state index in [9.17, 15) is 0 Å². The highest BCUT2D eigenvalue weighted by Crippen LogP contribution is 2.56. The molecular formula is C21H24N4S. The predicted molar refractivity (Wildman–Crippen MR) is 106 cm³/mol. The highest BCUT2D eigenvalue weighted by Gasteiger charge is 2.56. The Kier molecular flexibility index (Phi) is 4.23. The van der Waals surface area contributed by atoms with E-state index in [4.69, 9.17) is 0 Å². The molecule has 3 aromatic rings. The Labute approximate surface area is 158 Å². The van der Waals surface area contributed by atoms with Gasteiger partial charge in [0.2, 0.25) is 0 Å². The van der Waals surface area contributed by atoms with E-state index >= 15 is 0 Å². The Morgan fingerprint density at radius 3 is 2.88 bits per heavy atom. The molecule has 1 spiro atoms. The van der Waals surface area contributed by atoms with E-state index in [1.165, 1.54) is 48.3 Å². The molecule has 1 atom stereocenters. The minimum Gasteiger partial charge on any atom is -0.317 e. The van der Waals surface area contributed by atoms with Gasteiger partial charge in [-0.15, -0.1) is 11.3 Å². The van der Waals surface area contributed by atoms with Crippen LogP contribution >= 0.6 is 11.3 Å². The van der Waals surface area contributed by atoms with Crippen LogP contribution in [0.15, 0.2) is 48.1 Å². The molecule has 26 heavy (non-hydrogen) atoms. The highest BCUT2D eigenvalue weighted by molar-refractivity contribution is 7.09. The molecular weight excluding hydrogens is 340 g/mol. The summed E-state index contributed by atoms with van der Waals surface area (Å²) in [6, 6.07) is 11.6. The Hall–Kier alpha value is -1.82. The Morgan fingerprint density at radius 1 is 1.12 bits per heavy atom. The van der Waals surface area contributed by atoms with Crippen LogP contribution in [-0.4, -0.2) is 34.0 Å². The molecule has 1 saturated carbocycles. The summed E-state index contributed by atoms with van der Waals surface area (Å²) in [6.45, 7) is 4.29. The fourth-order valence-corrected chi connectivity index (χ4v) is 5.18. The number of rotatable bonds is 5. The van der Waals surface area contributed by atoms with Gasteiger partial charge in [0.05, 0.1) is 12.1 Å². The summed E-state index contributed by atoms with van der Waals surface area (Å²) in [4.78, 5) is 11.7. The van der Waals surface area contributed by atoms with Gasteiger partial charge in [0, 0.05) is 35.7 Å². The lowest BCUT2D eigenvalue weighted by Crippen LogP contribution is -2.35. The van der Waals surface area contributed by atoms with E-state index in [1.807, 2.05) is 18.5 Å². The number of nitrogens with zero attached hydrogens (tertiary/aromatic N) is 3. The average molecular weight is 365 g/mol. The van der Waals surface area contributed by atoms with Crippen LogP contribution in [0.2, 0.25) is 0 Å². The SMILES string of the molecule is c1cnc2ccc(CN(Cc3nccs3)C3CC34CCNCC4)cc2c1. The fourth-order valence-electron chi connectivity index (χ4n) is 4.54. The summed E-state index contributed by atoms with van der Waals surface area (Å²) in [7, 11) is 0. The number of aromatic nitrogens is 2. The van der Waals surface area contributed by atoms with Crippen molar-refractivity contribution >= 4 is 22.2 Å². The molecule has 5 rings (SSSR count). The first kappa shape index (κ1) is 16.4. The molecule has 4 nitrogen and oxygen atoms in total. The lowest BCUT2D eigenvalue weighted by atomic mass is 9.93. The molecule has 0 bridgehead atoms. The quantitative estimate of drug-likeness (QED) is 0.747. The number of nitrogens with one attached hydrogen (secondary N) is 1. The summed E-state index contributed by atoms with van der Waals surface area (Å²) in [5.41, 5.74) is 2.99. The van der Waals surface area contributed by atoms with Crippen molar-refractivity contribution < 1.29 is 0 Å². The van der Waals surface area contributed by atoms with Gasteiger partial charge < -0.3 is 5.32 Å². The molecule has 2 fully saturated rings. The zero-order valence-electron chi connectivity index (χ0n) is 14.9. The van der Waals surface area contributed by atoms with Crippen LogP contribution in [0.1, 0.15) is 29.8 Å². The predicted octanol–water partition coefficient (Wildman–Crippen LogP) is 3.84. The molecule has 3 heterocycles. The van der Waals surface area contributed by atoms with Crippen molar-refractivity contribution in [3.63, 3.8) is 0 Å². The van der Waals surface area contributed by atoms with Crippen LogP contribution < -0.4 is 5.32 Å². The minimum atomic E-state index is 0.543. The summed E-state index contributed by atoms with van der Waals surface area (Å²) in [5.74, 6) is 0. The van der Waals surface area contributed by atoms with Crippen molar-refractivity contribution in [2.75, 3.05) is 13.1 Å². The zero-order chi connectivity index (χ0) is 17.4. The van der Waals surface area contributed by atoms with Gasteiger partial charge in [0.1, 0.15) is 5.01 Å². The lowest BCUT2D eigenvalue weighted by molar-refractivity contribution is 0.188. The van der Waals surface area contributed by atoms with E-state index in [0.717, 1.165) is 18.6 Å². The lowest BCUT2D eigenvalue weighted by Gasteiger charge is -2.29. The second-order valence-electron chi connectivity index (χ2n) is 7.69. The van der Waals surface area contributed by atoms with Crippen molar-refractivity contribution in [2.45, 2.75) is 38.4 Å². The monoisotopic (exact) mass is 364 g/mol. The van der Waals surface area contributed by atoms with Crippen LogP contribution in [-0.2, 0) is 13.1 Å².